The number of carbonyl (C=O) groups is 2. The van der Waals surface area contributed by atoms with Crippen molar-refractivity contribution < 1.29 is 37.3 Å². The second-order valence-electron chi connectivity index (χ2n) is 9.90. The van der Waals surface area contributed by atoms with Crippen molar-refractivity contribution in [2.75, 3.05) is 50.4 Å². The number of carbonyl (C=O) groups excluding carboxylic acids is 2. The molecule has 0 saturated carbocycles. The number of ether oxygens (including phenoxy) is 3. The molecule has 4 rings (SSSR count). The van der Waals surface area contributed by atoms with Gasteiger partial charge in [0.2, 0.25) is 22.7 Å². The third-order valence-corrected chi connectivity index (χ3v) is 8.09. The van der Waals surface area contributed by atoms with Crippen molar-refractivity contribution in [2.24, 2.45) is 5.92 Å². The predicted molar refractivity (Wildman–Crippen MR) is 145 cm³/mol. The topological polar surface area (TPSA) is 147 Å². The van der Waals surface area contributed by atoms with Gasteiger partial charge < -0.3 is 34.9 Å². The summed E-state index contributed by atoms with van der Waals surface area (Å²) in [6.45, 7) is 3.89. The van der Waals surface area contributed by atoms with E-state index in [1.807, 2.05) is 6.92 Å². The van der Waals surface area contributed by atoms with Crippen LogP contribution in [0.1, 0.15) is 19.4 Å². The standard InChI is InChI=1S/C26H34N4O8S/c1-16-12-30(17(2)14-31)25(32)10-18-9-19(5-7-21(18)38-24(16)13-29(3)39(4,34)35)27-26(33)28-20-6-8-22-23(11-20)37-15-36-22/h5-9,11,16-17,24,31H,10,12-15H2,1-4H3,(H2,27,28,33)/t16-,17+,24-/m0/s1. The predicted octanol–water partition coefficient (Wildman–Crippen LogP) is 2.10. The molecule has 0 radical (unpaired) electrons. The number of nitrogens with one attached hydrogen (secondary N) is 2. The number of anilines is 2. The average molecular weight is 563 g/mol. The Labute approximate surface area is 227 Å². The monoisotopic (exact) mass is 562 g/mol. The fourth-order valence-corrected chi connectivity index (χ4v) is 4.80. The van der Waals surface area contributed by atoms with Crippen molar-refractivity contribution in [3.05, 3.63) is 42.0 Å². The molecule has 2 aliphatic heterocycles. The summed E-state index contributed by atoms with van der Waals surface area (Å²) in [7, 11) is -1.99. The second-order valence-corrected chi connectivity index (χ2v) is 12.0. The molecule has 13 heteroatoms. The molecule has 3 atom stereocenters. The maximum absolute atomic E-state index is 13.3. The smallest absolute Gasteiger partial charge is 0.323 e. The number of fused-ring (bicyclic) bond motifs is 2. The fraction of sp³-hybridized carbons (Fsp3) is 0.462. The van der Waals surface area contributed by atoms with Crippen LogP contribution in [-0.4, -0.2) is 86.6 Å². The Kier molecular flexibility index (Phi) is 8.52. The maximum Gasteiger partial charge on any atom is 0.323 e. The van der Waals surface area contributed by atoms with E-state index in [9.17, 15) is 23.1 Å². The van der Waals surface area contributed by atoms with E-state index in [0.29, 0.717) is 34.2 Å². The summed E-state index contributed by atoms with van der Waals surface area (Å²) in [5.41, 5.74) is 1.47. The van der Waals surface area contributed by atoms with Gasteiger partial charge in [0, 0.05) is 42.5 Å². The van der Waals surface area contributed by atoms with E-state index >= 15 is 0 Å². The van der Waals surface area contributed by atoms with Gasteiger partial charge in [-0.2, -0.15) is 0 Å². The van der Waals surface area contributed by atoms with Crippen LogP contribution in [0.2, 0.25) is 0 Å². The summed E-state index contributed by atoms with van der Waals surface area (Å²) in [4.78, 5) is 27.6. The average Bonchev–Trinajstić information content (AvgIpc) is 3.35. The van der Waals surface area contributed by atoms with Crippen LogP contribution in [0.4, 0.5) is 16.2 Å². The Morgan fingerprint density at radius 1 is 1.13 bits per heavy atom. The first-order valence-electron chi connectivity index (χ1n) is 12.5. The first-order valence-corrected chi connectivity index (χ1v) is 14.4. The highest BCUT2D eigenvalue weighted by atomic mass is 32.2. The minimum atomic E-state index is -3.46. The molecule has 39 heavy (non-hydrogen) atoms. The molecule has 12 nitrogen and oxygen atoms in total. The Hall–Kier alpha value is -3.55. The van der Waals surface area contributed by atoms with Crippen molar-refractivity contribution in [2.45, 2.75) is 32.4 Å². The van der Waals surface area contributed by atoms with Crippen LogP contribution in [0.15, 0.2) is 36.4 Å². The molecular weight excluding hydrogens is 528 g/mol. The molecule has 0 spiro atoms. The zero-order valence-electron chi connectivity index (χ0n) is 22.3. The number of likely N-dealkylation sites (N-methyl/N-ethyl adjacent to an activating group) is 1. The summed E-state index contributed by atoms with van der Waals surface area (Å²) in [6, 6.07) is 9.07. The molecule has 0 aromatic heterocycles. The van der Waals surface area contributed by atoms with Crippen LogP contribution in [0.5, 0.6) is 17.2 Å². The number of amides is 3. The van der Waals surface area contributed by atoms with Crippen molar-refractivity contribution in [3.63, 3.8) is 0 Å². The Balaban J connectivity index is 1.57. The van der Waals surface area contributed by atoms with Crippen LogP contribution < -0.4 is 24.8 Å². The van der Waals surface area contributed by atoms with Gasteiger partial charge in [-0.15, -0.1) is 0 Å². The fourth-order valence-electron chi connectivity index (χ4n) is 4.38. The lowest BCUT2D eigenvalue weighted by Crippen LogP contribution is -2.48. The summed E-state index contributed by atoms with van der Waals surface area (Å²) in [6.07, 6.45) is 0.521. The lowest BCUT2D eigenvalue weighted by molar-refractivity contribution is -0.134. The van der Waals surface area contributed by atoms with Gasteiger partial charge in [0.15, 0.2) is 11.5 Å². The number of nitrogens with zero attached hydrogens (tertiary/aromatic N) is 2. The lowest BCUT2D eigenvalue weighted by atomic mass is 10.0. The highest BCUT2D eigenvalue weighted by Crippen LogP contribution is 2.34. The SMILES string of the molecule is C[C@H](CO)N1C[C@H](C)[C@H](CN(C)S(C)(=O)=O)Oc2ccc(NC(=O)Nc3ccc4c(c3)OCO4)cc2CC1=O. The molecule has 2 aromatic carbocycles. The van der Waals surface area contributed by atoms with Crippen LogP contribution in [0.25, 0.3) is 0 Å². The Morgan fingerprint density at radius 2 is 1.77 bits per heavy atom. The van der Waals surface area contributed by atoms with Gasteiger partial charge in [0.25, 0.3) is 0 Å². The molecule has 3 amide bonds. The zero-order valence-corrected chi connectivity index (χ0v) is 23.2. The van der Waals surface area contributed by atoms with E-state index in [1.165, 1.54) is 11.4 Å². The number of urea groups is 1. The van der Waals surface area contributed by atoms with E-state index < -0.39 is 28.2 Å². The van der Waals surface area contributed by atoms with E-state index in [2.05, 4.69) is 10.6 Å². The zero-order chi connectivity index (χ0) is 28.3. The molecule has 2 heterocycles. The molecule has 3 N–H and O–H groups in total. The number of hydrogen-bond acceptors (Lipinski definition) is 8. The molecule has 0 saturated heterocycles. The highest BCUT2D eigenvalue weighted by molar-refractivity contribution is 7.88. The van der Waals surface area contributed by atoms with Crippen LogP contribution in [-0.2, 0) is 21.2 Å². The minimum absolute atomic E-state index is 0.0275. The molecule has 0 bridgehead atoms. The van der Waals surface area contributed by atoms with Crippen LogP contribution in [0.3, 0.4) is 0 Å². The normalized spacial score (nSPS) is 19.8. The second kappa shape index (κ2) is 11.7. The lowest BCUT2D eigenvalue weighted by Gasteiger charge is -2.33. The molecule has 0 unspecified atom stereocenters. The summed E-state index contributed by atoms with van der Waals surface area (Å²) >= 11 is 0. The highest BCUT2D eigenvalue weighted by Gasteiger charge is 2.32. The van der Waals surface area contributed by atoms with Crippen molar-refractivity contribution in [1.82, 2.24) is 9.21 Å². The number of rotatable bonds is 7. The third kappa shape index (κ3) is 6.91. The summed E-state index contributed by atoms with van der Waals surface area (Å²) < 4.78 is 42.3. The number of aliphatic hydroxyl groups is 1. The quantitative estimate of drug-likeness (QED) is 0.465. The van der Waals surface area contributed by atoms with E-state index in [4.69, 9.17) is 14.2 Å². The van der Waals surface area contributed by atoms with Gasteiger partial charge in [-0.1, -0.05) is 6.92 Å². The molecule has 212 valence electrons. The van der Waals surface area contributed by atoms with Gasteiger partial charge in [-0.3, -0.25) is 4.79 Å². The number of hydrogen-bond donors (Lipinski definition) is 3. The first-order chi connectivity index (χ1) is 18.4. The van der Waals surface area contributed by atoms with Crippen molar-refractivity contribution in [3.8, 4) is 17.2 Å². The molecule has 0 fully saturated rings. The van der Waals surface area contributed by atoms with Crippen LogP contribution in [0, 0.1) is 5.92 Å². The van der Waals surface area contributed by atoms with Gasteiger partial charge in [-0.25, -0.2) is 17.5 Å². The van der Waals surface area contributed by atoms with Gasteiger partial charge >= 0.3 is 6.03 Å². The third-order valence-electron chi connectivity index (χ3n) is 6.81. The number of aliphatic hydroxyl groups excluding tert-OH is 1. The molecule has 2 aromatic rings. The minimum Gasteiger partial charge on any atom is -0.488 e. The van der Waals surface area contributed by atoms with Crippen molar-refractivity contribution in [1.29, 1.82) is 0 Å². The van der Waals surface area contributed by atoms with E-state index in [0.717, 1.165) is 6.26 Å². The maximum atomic E-state index is 13.3. The molecular formula is C26H34N4O8S. The van der Waals surface area contributed by atoms with Crippen molar-refractivity contribution >= 4 is 33.3 Å². The first kappa shape index (κ1) is 28.5. The van der Waals surface area contributed by atoms with Crippen LogP contribution >= 0.6 is 0 Å². The largest absolute Gasteiger partial charge is 0.488 e. The van der Waals surface area contributed by atoms with E-state index in [-0.39, 0.29) is 44.7 Å². The van der Waals surface area contributed by atoms with Gasteiger partial charge in [0.1, 0.15) is 11.9 Å². The summed E-state index contributed by atoms with van der Waals surface area (Å²) in [5, 5.41) is 15.3. The Morgan fingerprint density at radius 3 is 2.44 bits per heavy atom. The molecule has 2 aliphatic rings. The Bertz CT molecular complexity index is 1340. The molecule has 0 aliphatic carbocycles. The number of benzene rings is 2. The van der Waals surface area contributed by atoms with Gasteiger partial charge in [0.05, 0.1) is 31.9 Å². The summed E-state index contributed by atoms with van der Waals surface area (Å²) in [5.74, 6) is 1.09. The van der Waals surface area contributed by atoms with Gasteiger partial charge in [-0.05, 0) is 37.3 Å². The number of sulfonamides is 1. The van der Waals surface area contributed by atoms with E-state index in [1.54, 1.807) is 48.2 Å².